The number of nitrogens with zero attached hydrogens (tertiary/aromatic N) is 1. The summed E-state index contributed by atoms with van der Waals surface area (Å²) in [6, 6.07) is 3.18. The van der Waals surface area contributed by atoms with E-state index in [1.807, 2.05) is 0 Å². The van der Waals surface area contributed by atoms with Crippen molar-refractivity contribution < 1.29 is 4.39 Å². The highest BCUT2D eigenvalue weighted by atomic mass is 19.1. The lowest BCUT2D eigenvalue weighted by atomic mass is 10.1. The predicted molar refractivity (Wildman–Crippen MR) is 78.9 cm³/mol. The molecule has 0 radical (unpaired) electrons. The summed E-state index contributed by atoms with van der Waals surface area (Å²) in [4.78, 5) is 2.51. The Hall–Kier alpha value is -1.29. The van der Waals surface area contributed by atoms with E-state index < -0.39 is 0 Å². The summed E-state index contributed by atoms with van der Waals surface area (Å²) in [5.41, 5.74) is 7.78. The van der Waals surface area contributed by atoms with Crippen LogP contribution in [0.2, 0.25) is 0 Å². The van der Waals surface area contributed by atoms with Gasteiger partial charge in [0.1, 0.15) is 5.82 Å². The lowest BCUT2D eigenvalue weighted by Gasteiger charge is -2.21. The molecule has 0 spiro atoms. The molecule has 0 aromatic heterocycles. The maximum Gasteiger partial charge on any atom is 0.128 e. The Labute approximate surface area is 115 Å². The van der Waals surface area contributed by atoms with Crippen LogP contribution in [0.15, 0.2) is 12.1 Å². The molecule has 1 fully saturated rings. The van der Waals surface area contributed by atoms with Gasteiger partial charge in [-0.05, 0) is 56.5 Å². The molecule has 4 heteroatoms. The molecule has 1 aliphatic heterocycles. The average Bonchev–Trinajstić information content (AvgIpc) is 2.85. The smallest absolute Gasteiger partial charge is 0.128 e. The second-order valence-corrected chi connectivity index (χ2v) is 5.68. The lowest BCUT2D eigenvalue weighted by Crippen LogP contribution is -2.29. The summed E-state index contributed by atoms with van der Waals surface area (Å²) in [6.45, 7) is 8.43. The van der Waals surface area contributed by atoms with E-state index >= 15 is 0 Å². The zero-order valence-corrected chi connectivity index (χ0v) is 11.9. The quantitative estimate of drug-likeness (QED) is 0.804. The molecule has 0 aliphatic carbocycles. The Morgan fingerprint density at radius 1 is 1.37 bits per heavy atom. The van der Waals surface area contributed by atoms with E-state index in [1.165, 1.54) is 32.0 Å². The fourth-order valence-corrected chi connectivity index (χ4v) is 2.60. The summed E-state index contributed by atoms with van der Waals surface area (Å²) < 4.78 is 13.3. The third-order valence-electron chi connectivity index (χ3n) is 3.74. The van der Waals surface area contributed by atoms with E-state index in [2.05, 4.69) is 17.1 Å². The molecule has 3 nitrogen and oxygen atoms in total. The standard InChI is InChI=1S/C15H24FN3/c1-11(10-19-5-3-4-6-19)9-18-15-7-12(2)13(16)8-14(15)17/h7-8,11,18H,3-6,9-10,17H2,1-2H3. The zero-order valence-electron chi connectivity index (χ0n) is 11.9. The first kappa shape index (κ1) is 14.1. The minimum absolute atomic E-state index is 0.242. The van der Waals surface area contributed by atoms with Crippen LogP contribution in [0.1, 0.15) is 25.3 Å². The van der Waals surface area contributed by atoms with Gasteiger partial charge in [-0.25, -0.2) is 4.39 Å². The van der Waals surface area contributed by atoms with Gasteiger partial charge in [-0.2, -0.15) is 0 Å². The van der Waals surface area contributed by atoms with E-state index in [0.29, 0.717) is 17.2 Å². The molecule has 0 amide bonds. The highest BCUT2D eigenvalue weighted by Gasteiger charge is 2.14. The van der Waals surface area contributed by atoms with Crippen molar-refractivity contribution in [2.75, 3.05) is 37.2 Å². The van der Waals surface area contributed by atoms with Crippen molar-refractivity contribution in [2.45, 2.75) is 26.7 Å². The molecule has 3 N–H and O–H groups in total. The number of hydrogen-bond acceptors (Lipinski definition) is 3. The lowest BCUT2D eigenvalue weighted by molar-refractivity contribution is 0.294. The van der Waals surface area contributed by atoms with Gasteiger partial charge in [0.2, 0.25) is 0 Å². The fourth-order valence-electron chi connectivity index (χ4n) is 2.60. The molecule has 1 unspecified atom stereocenters. The van der Waals surface area contributed by atoms with Crippen LogP contribution >= 0.6 is 0 Å². The molecular formula is C15H24FN3. The summed E-state index contributed by atoms with van der Waals surface area (Å²) in [7, 11) is 0. The highest BCUT2D eigenvalue weighted by molar-refractivity contribution is 5.67. The Kier molecular flexibility index (Phi) is 4.64. The van der Waals surface area contributed by atoms with Gasteiger partial charge in [0.15, 0.2) is 0 Å². The number of nitrogens with one attached hydrogen (secondary N) is 1. The van der Waals surface area contributed by atoms with Crippen LogP contribution in [0, 0.1) is 18.7 Å². The first-order chi connectivity index (χ1) is 9.06. The van der Waals surface area contributed by atoms with Gasteiger partial charge in [-0.1, -0.05) is 6.92 Å². The maximum atomic E-state index is 13.3. The third kappa shape index (κ3) is 3.83. The van der Waals surface area contributed by atoms with Crippen LogP contribution in [0.4, 0.5) is 15.8 Å². The van der Waals surface area contributed by atoms with Gasteiger partial charge in [0, 0.05) is 13.1 Å². The van der Waals surface area contributed by atoms with Gasteiger partial charge in [-0.15, -0.1) is 0 Å². The molecule has 1 aromatic rings. The summed E-state index contributed by atoms with van der Waals surface area (Å²) in [6.07, 6.45) is 2.65. The van der Waals surface area contributed by atoms with Gasteiger partial charge in [-0.3, -0.25) is 0 Å². The fraction of sp³-hybridized carbons (Fsp3) is 0.600. The number of halogens is 1. The Morgan fingerprint density at radius 2 is 2.05 bits per heavy atom. The number of likely N-dealkylation sites (tertiary alicyclic amines) is 1. The number of rotatable bonds is 5. The van der Waals surface area contributed by atoms with Crippen molar-refractivity contribution in [2.24, 2.45) is 5.92 Å². The van der Waals surface area contributed by atoms with E-state index in [4.69, 9.17) is 5.73 Å². The minimum atomic E-state index is -0.242. The van der Waals surface area contributed by atoms with Crippen molar-refractivity contribution in [3.8, 4) is 0 Å². The molecule has 1 aliphatic rings. The van der Waals surface area contributed by atoms with Crippen LogP contribution in [-0.4, -0.2) is 31.1 Å². The van der Waals surface area contributed by atoms with E-state index in [0.717, 1.165) is 18.8 Å². The van der Waals surface area contributed by atoms with E-state index in [9.17, 15) is 4.39 Å². The van der Waals surface area contributed by atoms with Crippen LogP contribution < -0.4 is 11.1 Å². The van der Waals surface area contributed by atoms with Crippen molar-refractivity contribution >= 4 is 11.4 Å². The molecular weight excluding hydrogens is 241 g/mol. The summed E-state index contributed by atoms with van der Waals surface area (Å²) in [5, 5.41) is 3.34. The third-order valence-corrected chi connectivity index (χ3v) is 3.74. The molecule has 1 aromatic carbocycles. The second kappa shape index (κ2) is 6.24. The number of nitrogens with two attached hydrogens (primary N) is 1. The van der Waals surface area contributed by atoms with Crippen molar-refractivity contribution in [1.82, 2.24) is 4.90 Å². The van der Waals surface area contributed by atoms with E-state index in [-0.39, 0.29) is 5.82 Å². The van der Waals surface area contributed by atoms with Crippen LogP contribution in [0.5, 0.6) is 0 Å². The predicted octanol–water partition coefficient (Wildman–Crippen LogP) is 2.86. The Morgan fingerprint density at radius 3 is 2.74 bits per heavy atom. The molecule has 106 valence electrons. The van der Waals surface area contributed by atoms with Gasteiger partial charge in [0.05, 0.1) is 11.4 Å². The molecule has 19 heavy (non-hydrogen) atoms. The molecule has 2 rings (SSSR count). The Bertz CT molecular complexity index is 428. The van der Waals surface area contributed by atoms with Gasteiger partial charge < -0.3 is 16.0 Å². The van der Waals surface area contributed by atoms with Crippen LogP contribution in [-0.2, 0) is 0 Å². The zero-order chi connectivity index (χ0) is 13.8. The molecule has 1 heterocycles. The topological polar surface area (TPSA) is 41.3 Å². The van der Waals surface area contributed by atoms with Crippen molar-refractivity contribution in [1.29, 1.82) is 0 Å². The first-order valence-corrected chi connectivity index (χ1v) is 7.08. The summed E-state index contributed by atoms with van der Waals surface area (Å²) in [5.74, 6) is 0.316. The monoisotopic (exact) mass is 265 g/mol. The number of aryl methyl sites for hydroxylation is 1. The maximum absolute atomic E-state index is 13.3. The number of nitrogen functional groups attached to an aromatic ring is 1. The van der Waals surface area contributed by atoms with Gasteiger partial charge >= 0.3 is 0 Å². The number of benzene rings is 1. The van der Waals surface area contributed by atoms with Crippen LogP contribution in [0.25, 0.3) is 0 Å². The normalized spacial score (nSPS) is 17.6. The van der Waals surface area contributed by atoms with E-state index in [1.54, 1.807) is 13.0 Å². The molecule has 0 saturated carbocycles. The minimum Gasteiger partial charge on any atom is -0.397 e. The SMILES string of the molecule is Cc1cc(NCC(C)CN2CCCC2)c(N)cc1F. The molecule has 1 atom stereocenters. The molecule has 1 saturated heterocycles. The summed E-state index contributed by atoms with van der Waals surface area (Å²) >= 11 is 0. The Balaban J connectivity index is 1.85. The van der Waals surface area contributed by atoms with Gasteiger partial charge in [0.25, 0.3) is 0 Å². The number of anilines is 2. The second-order valence-electron chi connectivity index (χ2n) is 5.68. The number of hydrogen-bond donors (Lipinski definition) is 2. The van der Waals surface area contributed by atoms with Crippen molar-refractivity contribution in [3.05, 3.63) is 23.5 Å². The first-order valence-electron chi connectivity index (χ1n) is 7.08. The average molecular weight is 265 g/mol. The largest absolute Gasteiger partial charge is 0.397 e. The molecule has 0 bridgehead atoms. The van der Waals surface area contributed by atoms with Crippen molar-refractivity contribution in [3.63, 3.8) is 0 Å². The van der Waals surface area contributed by atoms with Crippen LogP contribution in [0.3, 0.4) is 0 Å². The highest BCUT2D eigenvalue weighted by Crippen LogP contribution is 2.23.